The van der Waals surface area contributed by atoms with Gasteiger partial charge in [0.15, 0.2) is 5.58 Å². The minimum absolute atomic E-state index is 0.124. The van der Waals surface area contributed by atoms with E-state index in [-0.39, 0.29) is 16.1 Å². The zero-order valence-electron chi connectivity index (χ0n) is 18.7. The number of fused-ring (bicyclic) bond motifs is 1. The molecule has 1 heterocycles. The first-order valence-electron chi connectivity index (χ1n) is 10.5. The molecule has 0 aliphatic heterocycles. The molecule has 0 aliphatic rings. The molecule has 0 fully saturated rings. The molecule has 2 N–H and O–H groups in total. The van der Waals surface area contributed by atoms with Gasteiger partial charge in [0.1, 0.15) is 0 Å². The fraction of sp³-hybridized carbons (Fsp3) is 0.167. The van der Waals surface area contributed by atoms with Gasteiger partial charge >= 0.3 is 5.76 Å². The topological polar surface area (TPSA) is 114 Å². The molecule has 176 valence electrons. The molecule has 0 aliphatic carbocycles. The molecular weight excluding hydrogens is 456 g/mol. The number of hydrogen-bond acceptors (Lipinski definition) is 6. The van der Waals surface area contributed by atoms with Crippen molar-refractivity contribution in [3.63, 3.8) is 0 Å². The molecule has 0 unspecified atom stereocenters. The Morgan fingerprint density at radius 3 is 2.47 bits per heavy atom. The van der Waals surface area contributed by atoms with Crippen molar-refractivity contribution in [1.29, 1.82) is 0 Å². The molecule has 4 aromatic rings. The second kappa shape index (κ2) is 9.54. The molecule has 4 rings (SSSR count). The van der Waals surface area contributed by atoms with E-state index in [2.05, 4.69) is 10.0 Å². The van der Waals surface area contributed by atoms with Crippen molar-refractivity contribution < 1.29 is 17.6 Å². The van der Waals surface area contributed by atoms with Gasteiger partial charge in [-0.2, -0.15) is 0 Å². The van der Waals surface area contributed by atoms with Crippen LogP contribution in [-0.2, 0) is 16.6 Å². The van der Waals surface area contributed by atoms with Crippen LogP contribution in [0.25, 0.3) is 11.1 Å². The van der Waals surface area contributed by atoms with Crippen molar-refractivity contribution in [2.45, 2.75) is 11.4 Å². The average molecular weight is 481 g/mol. The molecule has 10 heteroatoms. The standard InChI is InChI=1S/C24H24N4O5S/c1-27(2)13-14-28-21-16-18(11-12-22(21)33-24(28)30)25-23(29)17-7-6-8-19(15-17)26-34(31,32)20-9-4-3-5-10-20/h3-12,15-16,26H,13-14H2,1-2H3,(H,25,29). The van der Waals surface area contributed by atoms with Gasteiger partial charge in [0.25, 0.3) is 15.9 Å². The number of rotatable bonds is 8. The second-order valence-electron chi connectivity index (χ2n) is 7.96. The number of sulfonamides is 1. The van der Waals surface area contributed by atoms with Gasteiger partial charge in [-0.3, -0.25) is 14.1 Å². The van der Waals surface area contributed by atoms with E-state index in [1.165, 1.54) is 22.8 Å². The van der Waals surface area contributed by atoms with E-state index in [1.54, 1.807) is 54.6 Å². The summed E-state index contributed by atoms with van der Waals surface area (Å²) in [6.45, 7) is 1.09. The fourth-order valence-corrected chi connectivity index (χ4v) is 4.46. The molecule has 0 spiro atoms. The predicted molar refractivity (Wildman–Crippen MR) is 131 cm³/mol. The van der Waals surface area contributed by atoms with Crippen LogP contribution < -0.4 is 15.8 Å². The average Bonchev–Trinajstić information content (AvgIpc) is 3.12. The number of carbonyl (C=O) groups excluding carboxylic acids is 1. The number of benzene rings is 3. The maximum atomic E-state index is 12.9. The lowest BCUT2D eigenvalue weighted by molar-refractivity contribution is 0.102. The Kier molecular flexibility index (Phi) is 6.53. The third kappa shape index (κ3) is 5.19. The summed E-state index contributed by atoms with van der Waals surface area (Å²) in [4.78, 5) is 27.1. The molecule has 9 nitrogen and oxygen atoms in total. The van der Waals surface area contributed by atoms with Gasteiger partial charge in [-0.1, -0.05) is 24.3 Å². The number of aromatic nitrogens is 1. The monoisotopic (exact) mass is 480 g/mol. The molecule has 0 saturated carbocycles. The van der Waals surface area contributed by atoms with Crippen molar-refractivity contribution in [1.82, 2.24) is 9.47 Å². The Labute approximate surface area is 196 Å². The van der Waals surface area contributed by atoms with Gasteiger partial charge in [-0.25, -0.2) is 13.2 Å². The lowest BCUT2D eigenvalue weighted by atomic mass is 10.2. The largest absolute Gasteiger partial charge is 0.419 e. The SMILES string of the molecule is CN(C)CCn1c(=O)oc2ccc(NC(=O)c3cccc(NS(=O)(=O)c4ccccc4)c3)cc21. The smallest absolute Gasteiger partial charge is 0.408 e. The number of nitrogens with one attached hydrogen (secondary N) is 2. The van der Waals surface area contributed by atoms with Crippen LogP contribution in [0.1, 0.15) is 10.4 Å². The van der Waals surface area contributed by atoms with Crippen molar-refractivity contribution in [3.05, 3.63) is 88.9 Å². The highest BCUT2D eigenvalue weighted by Crippen LogP contribution is 2.21. The number of nitrogens with zero attached hydrogens (tertiary/aromatic N) is 2. The number of carbonyl (C=O) groups is 1. The minimum atomic E-state index is -3.78. The molecule has 0 atom stereocenters. The number of likely N-dealkylation sites (N-methyl/N-ethyl adjacent to an activating group) is 1. The van der Waals surface area contributed by atoms with Crippen molar-refractivity contribution in [2.24, 2.45) is 0 Å². The van der Waals surface area contributed by atoms with Crippen LogP contribution in [0.4, 0.5) is 11.4 Å². The molecule has 3 aromatic carbocycles. The summed E-state index contributed by atoms with van der Waals surface area (Å²) in [5.74, 6) is -0.885. The van der Waals surface area contributed by atoms with Crippen LogP contribution >= 0.6 is 0 Å². The lowest BCUT2D eigenvalue weighted by Crippen LogP contribution is -2.23. The first-order chi connectivity index (χ1) is 16.2. The predicted octanol–water partition coefficient (Wildman–Crippen LogP) is 3.21. The molecule has 0 saturated heterocycles. The summed E-state index contributed by atoms with van der Waals surface area (Å²) in [7, 11) is 0.0384. The summed E-state index contributed by atoms with van der Waals surface area (Å²) in [6.07, 6.45) is 0. The summed E-state index contributed by atoms with van der Waals surface area (Å²) < 4.78 is 34.4. The van der Waals surface area contributed by atoms with E-state index in [9.17, 15) is 18.0 Å². The van der Waals surface area contributed by atoms with Crippen LogP contribution in [0.5, 0.6) is 0 Å². The van der Waals surface area contributed by atoms with Crippen molar-refractivity contribution in [3.8, 4) is 0 Å². The number of hydrogen-bond donors (Lipinski definition) is 2. The summed E-state index contributed by atoms with van der Waals surface area (Å²) in [5.41, 5.74) is 2.02. The molecule has 1 amide bonds. The van der Waals surface area contributed by atoms with E-state index in [0.29, 0.717) is 29.9 Å². The number of oxazole rings is 1. The van der Waals surface area contributed by atoms with Crippen LogP contribution in [0.15, 0.2) is 86.9 Å². The Morgan fingerprint density at radius 2 is 1.74 bits per heavy atom. The zero-order chi connectivity index (χ0) is 24.3. The van der Waals surface area contributed by atoms with Gasteiger partial charge in [0.2, 0.25) is 0 Å². The quantitative estimate of drug-likeness (QED) is 0.400. The van der Waals surface area contributed by atoms with Crippen LogP contribution in [0.2, 0.25) is 0 Å². The number of anilines is 2. The molecule has 0 radical (unpaired) electrons. The van der Waals surface area contributed by atoms with Gasteiger partial charge in [-0.05, 0) is 62.6 Å². The second-order valence-corrected chi connectivity index (χ2v) is 9.64. The summed E-state index contributed by atoms with van der Waals surface area (Å²) >= 11 is 0. The van der Waals surface area contributed by atoms with E-state index < -0.39 is 21.7 Å². The van der Waals surface area contributed by atoms with Crippen LogP contribution in [-0.4, -0.2) is 44.4 Å². The third-order valence-electron chi connectivity index (χ3n) is 5.13. The van der Waals surface area contributed by atoms with E-state index >= 15 is 0 Å². The third-order valence-corrected chi connectivity index (χ3v) is 6.52. The molecule has 34 heavy (non-hydrogen) atoms. The van der Waals surface area contributed by atoms with Crippen LogP contribution in [0, 0.1) is 0 Å². The highest BCUT2D eigenvalue weighted by Gasteiger charge is 2.16. The summed E-state index contributed by atoms with van der Waals surface area (Å²) in [5, 5.41) is 2.79. The minimum Gasteiger partial charge on any atom is -0.408 e. The van der Waals surface area contributed by atoms with E-state index in [0.717, 1.165) is 0 Å². The van der Waals surface area contributed by atoms with Gasteiger partial charge in [0, 0.05) is 30.0 Å². The van der Waals surface area contributed by atoms with Gasteiger partial charge < -0.3 is 14.6 Å². The van der Waals surface area contributed by atoms with Gasteiger partial charge in [0.05, 0.1) is 10.4 Å². The van der Waals surface area contributed by atoms with Gasteiger partial charge in [-0.15, -0.1) is 0 Å². The summed E-state index contributed by atoms with van der Waals surface area (Å²) in [6, 6.07) is 19.1. The van der Waals surface area contributed by atoms with E-state index in [4.69, 9.17) is 4.42 Å². The highest BCUT2D eigenvalue weighted by atomic mass is 32.2. The van der Waals surface area contributed by atoms with Crippen molar-refractivity contribution in [2.75, 3.05) is 30.7 Å². The Morgan fingerprint density at radius 1 is 0.971 bits per heavy atom. The lowest BCUT2D eigenvalue weighted by Gasteiger charge is -2.11. The fourth-order valence-electron chi connectivity index (χ4n) is 3.39. The van der Waals surface area contributed by atoms with E-state index in [1.807, 2.05) is 19.0 Å². The first kappa shape index (κ1) is 23.3. The highest BCUT2D eigenvalue weighted by molar-refractivity contribution is 7.92. The Bertz CT molecular complexity index is 1490. The zero-order valence-corrected chi connectivity index (χ0v) is 19.5. The Hall–Kier alpha value is -3.89. The maximum Gasteiger partial charge on any atom is 0.419 e. The first-order valence-corrected chi connectivity index (χ1v) is 12.0. The molecule has 0 bridgehead atoms. The van der Waals surface area contributed by atoms with Crippen LogP contribution in [0.3, 0.4) is 0 Å². The van der Waals surface area contributed by atoms with Crippen molar-refractivity contribution >= 4 is 38.4 Å². The molecule has 1 aromatic heterocycles. The Balaban J connectivity index is 1.54. The number of amides is 1. The normalized spacial score (nSPS) is 11.6. The maximum absolute atomic E-state index is 12.9. The molecular formula is C24H24N4O5S.